The van der Waals surface area contributed by atoms with E-state index in [0.29, 0.717) is 5.56 Å². The van der Waals surface area contributed by atoms with Gasteiger partial charge in [-0.1, -0.05) is 18.2 Å². The number of nitriles is 1. The van der Waals surface area contributed by atoms with E-state index in [4.69, 9.17) is 10.00 Å². The summed E-state index contributed by atoms with van der Waals surface area (Å²) in [5.41, 5.74) is 3.51. The molecule has 0 atom stereocenters. The topological polar surface area (TPSA) is 61.7 Å². The van der Waals surface area contributed by atoms with Crippen LogP contribution in [0.25, 0.3) is 11.0 Å². The zero-order valence-corrected chi connectivity index (χ0v) is 11.8. The minimum Gasteiger partial charge on any atom is -0.497 e. The van der Waals surface area contributed by atoms with Crippen LogP contribution in [0.15, 0.2) is 42.5 Å². The molecule has 0 saturated carbocycles. The highest BCUT2D eigenvalue weighted by molar-refractivity contribution is 5.81. The Labute approximate surface area is 123 Å². The van der Waals surface area contributed by atoms with Crippen LogP contribution in [0.3, 0.4) is 0 Å². The largest absolute Gasteiger partial charge is 0.497 e. The highest BCUT2D eigenvalue weighted by Gasteiger charge is 2.07. The van der Waals surface area contributed by atoms with Crippen LogP contribution >= 0.6 is 0 Å². The van der Waals surface area contributed by atoms with Crippen LogP contribution in [0.4, 0.5) is 0 Å². The summed E-state index contributed by atoms with van der Waals surface area (Å²) in [6, 6.07) is 15.8. The molecule has 0 unspecified atom stereocenters. The maximum atomic E-state index is 9.09. The number of nitrogens with zero attached hydrogens (tertiary/aromatic N) is 2. The molecule has 4 nitrogen and oxygen atoms in total. The number of hydrogen-bond acceptors (Lipinski definition) is 3. The van der Waals surface area contributed by atoms with Gasteiger partial charge >= 0.3 is 0 Å². The molecule has 0 bridgehead atoms. The molecule has 1 N–H and O–H groups in total. The summed E-state index contributed by atoms with van der Waals surface area (Å²) < 4.78 is 5.15. The average Bonchev–Trinajstić information content (AvgIpc) is 2.96. The van der Waals surface area contributed by atoms with Gasteiger partial charge in [-0.15, -0.1) is 0 Å². The molecular formula is C17H15N3O. The fourth-order valence-electron chi connectivity index (χ4n) is 2.35. The Morgan fingerprint density at radius 1 is 1.14 bits per heavy atom. The Balaban J connectivity index is 1.77. The van der Waals surface area contributed by atoms with Crippen molar-refractivity contribution in [3.05, 3.63) is 59.4 Å². The summed E-state index contributed by atoms with van der Waals surface area (Å²) in [4.78, 5) is 7.81. The number of aromatic amines is 1. The van der Waals surface area contributed by atoms with E-state index >= 15 is 0 Å². The third kappa shape index (κ3) is 2.72. The van der Waals surface area contributed by atoms with Crippen molar-refractivity contribution in [1.29, 1.82) is 5.26 Å². The van der Waals surface area contributed by atoms with Crippen molar-refractivity contribution in [2.24, 2.45) is 0 Å². The molecule has 0 aliphatic rings. The van der Waals surface area contributed by atoms with Crippen molar-refractivity contribution >= 4 is 11.0 Å². The monoisotopic (exact) mass is 277 g/mol. The van der Waals surface area contributed by atoms with E-state index in [1.807, 2.05) is 24.3 Å². The van der Waals surface area contributed by atoms with E-state index in [9.17, 15) is 0 Å². The Kier molecular flexibility index (Phi) is 3.57. The lowest BCUT2D eigenvalue weighted by molar-refractivity contribution is 0.414. The van der Waals surface area contributed by atoms with Gasteiger partial charge in [0, 0.05) is 6.42 Å². The van der Waals surface area contributed by atoms with E-state index in [1.54, 1.807) is 13.2 Å². The fraction of sp³-hybridized carbons (Fsp3) is 0.176. The normalized spacial score (nSPS) is 10.5. The molecule has 1 aromatic heterocycles. The van der Waals surface area contributed by atoms with Gasteiger partial charge in [-0.3, -0.25) is 0 Å². The van der Waals surface area contributed by atoms with Crippen LogP contribution in [0.1, 0.15) is 17.0 Å². The molecule has 0 spiro atoms. The second-order valence-electron chi connectivity index (χ2n) is 4.85. The highest BCUT2D eigenvalue weighted by atomic mass is 16.5. The molecule has 0 amide bonds. The molecule has 21 heavy (non-hydrogen) atoms. The van der Waals surface area contributed by atoms with E-state index < -0.39 is 0 Å². The fourth-order valence-corrected chi connectivity index (χ4v) is 2.35. The van der Waals surface area contributed by atoms with Gasteiger partial charge in [0.05, 0.1) is 18.2 Å². The number of hydrogen-bond donors (Lipinski definition) is 1. The van der Waals surface area contributed by atoms with E-state index in [0.717, 1.165) is 35.4 Å². The summed E-state index contributed by atoms with van der Waals surface area (Å²) in [7, 11) is 1.66. The molecule has 0 fully saturated rings. The van der Waals surface area contributed by atoms with E-state index in [-0.39, 0.29) is 0 Å². The number of fused-ring (bicyclic) bond motifs is 1. The zero-order chi connectivity index (χ0) is 14.7. The lowest BCUT2D eigenvalue weighted by Gasteiger charge is -2.02. The van der Waals surface area contributed by atoms with Crippen molar-refractivity contribution in [3.63, 3.8) is 0 Å². The van der Waals surface area contributed by atoms with Crippen molar-refractivity contribution < 1.29 is 4.74 Å². The highest BCUT2D eigenvalue weighted by Crippen LogP contribution is 2.17. The molecule has 4 heteroatoms. The first-order valence-electron chi connectivity index (χ1n) is 6.81. The van der Waals surface area contributed by atoms with Gasteiger partial charge < -0.3 is 9.72 Å². The van der Waals surface area contributed by atoms with Gasteiger partial charge in [-0.2, -0.15) is 5.26 Å². The number of methoxy groups -OCH3 is 1. The summed E-state index contributed by atoms with van der Waals surface area (Å²) >= 11 is 0. The standard InChI is InChI=1S/C17H15N3O/c1-21-14-8-5-12(6-9-14)7-10-16-19-15-4-2-3-13(11-18)17(15)20-16/h2-6,8-9H,7,10H2,1H3,(H,19,20). The van der Waals surface area contributed by atoms with Crippen LogP contribution in [0.5, 0.6) is 5.75 Å². The average molecular weight is 277 g/mol. The van der Waals surface area contributed by atoms with Crippen LogP contribution in [-0.4, -0.2) is 17.1 Å². The van der Waals surface area contributed by atoms with Gasteiger partial charge in [-0.25, -0.2) is 4.98 Å². The quantitative estimate of drug-likeness (QED) is 0.796. The minimum atomic E-state index is 0.611. The van der Waals surface area contributed by atoms with E-state index in [2.05, 4.69) is 28.2 Å². The first-order chi connectivity index (χ1) is 10.3. The Morgan fingerprint density at radius 2 is 1.95 bits per heavy atom. The molecule has 1 heterocycles. The van der Waals surface area contributed by atoms with Crippen molar-refractivity contribution in [2.45, 2.75) is 12.8 Å². The first kappa shape index (κ1) is 13.2. The molecule has 0 aliphatic carbocycles. The van der Waals surface area contributed by atoms with Gasteiger partial charge in [0.1, 0.15) is 23.2 Å². The van der Waals surface area contributed by atoms with Crippen molar-refractivity contribution in [3.8, 4) is 11.8 Å². The number of nitrogens with one attached hydrogen (secondary N) is 1. The Hall–Kier alpha value is -2.80. The maximum absolute atomic E-state index is 9.09. The molecule has 2 aromatic carbocycles. The third-order valence-electron chi connectivity index (χ3n) is 3.49. The lowest BCUT2D eigenvalue weighted by atomic mass is 10.1. The number of aromatic nitrogens is 2. The van der Waals surface area contributed by atoms with Gasteiger partial charge in [0.2, 0.25) is 0 Å². The number of H-pyrrole nitrogens is 1. The number of aryl methyl sites for hydroxylation is 2. The second-order valence-corrected chi connectivity index (χ2v) is 4.85. The predicted molar refractivity (Wildman–Crippen MR) is 81.2 cm³/mol. The lowest BCUT2D eigenvalue weighted by Crippen LogP contribution is -1.93. The zero-order valence-electron chi connectivity index (χ0n) is 11.8. The van der Waals surface area contributed by atoms with Crippen molar-refractivity contribution in [1.82, 2.24) is 9.97 Å². The number of benzene rings is 2. The van der Waals surface area contributed by atoms with Gasteiger partial charge in [0.25, 0.3) is 0 Å². The van der Waals surface area contributed by atoms with E-state index in [1.165, 1.54) is 5.56 Å². The number of para-hydroxylation sites is 1. The molecule has 0 radical (unpaired) electrons. The summed E-state index contributed by atoms with van der Waals surface area (Å²) in [6.45, 7) is 0. The van der Waals surface area contributed by atoms with Crippen molar-refractivity contribution in [2.75, 3.05) is 7.11 Å². The number of ether oxygens (including phenoxy) is 1. The number of rotatable bonds is 4. The van der Waals surface area contributed by atoms with Crippen LogP contribution in [-0.2, 0) is 12.8 Å². The summed E-state index contributed by atoms with van der Waals surface area (Å²) in [5.74, 6) is 1.77. The molecule has 0 saturated heterocycles. The summed E-state index contributed by atoms with van der Waals surface area (Å²) in [6.07, 6.45) is 1.71. The minimum absolute atomic E-state index is 0.611. The SMILES string of the molecule is COc1ccc(CCc2nc3c(C#N)cccc3[nH]2)cc1. The predicted octanol–water partition coefficient (Wildman–Crippen LogP) is 3.23. The van der Waals surface area contributed by atoms with Crippen LogP contribution in [0, 0.1) is 11.3 Å². The third-order valence-corrected chi connectivity index (χ3v) is 3.49. The number of imidazole rings is 1. The van der Waals surface area contributed by atoms with Crippen LogP contribution < -0.4 is 4.74 Å². The second kappa shape index (κ2) is 5.68. The van der Waals surface area contributed by atoms with Crippen LogP contribution in [0.2, 0.25) is 0 Å². The molecule has 3 aromatic rings. The molecule has 0 aliphatic heterocycles. The molecule has 3 rings (SSSR count). The maximum Gasteiger partial charge on any atom is 0.118 e. The molecule has 104 valence electrons. The first-order valence-corrected chi connectivity index (χ1v) is 6.81. The Morgan fingerprint density at radius 3 is 2.67 bits per heavy atom. The van der Waals surface area contributed by atoms with Gasteiger partial charge in [0.15, 0.2) is 0 Å². The summed E-state index contributed by atoms with van der Waals surface area (Å²) in [5, 5.41) is 9.09. The smallest absolute Gasteiger partial charge is 0.118 e. The van der Waals surface area contributed by atoms with Gasteiger partial charge in [-0.05, 0) is 36.2 Å². The Bertz CT molecular complexity index is 797. The molecular weight excluding hydrogens is 262 g/mol.